The Bertz CT molecular complexity index is 1080. The highest BCUT2D eigenvalue weighted by Crippen LogP contribution is 2.30. The van der Waals surface area contributed by atoms with Crippen molar-refractivity contribution in [2.24, 2.45) is 0 Å². The average molecular weight is 481 g/mol. The van der Waals surface area contributed by atoms with Gasteiger partial charge in [-0.2, -0.15) is 4.68 Å². The zero-order valence-corrected chi connectivity index (χ0v) is 19.9. The summed E-state index contributed by atoms with van der Waals surface area (Å²) in [5.41, 5.74) is 2.33. The van der Waals surface area contributed by atoms with Crippen molar-refractivity contribution in [2.75, 3.05) is 48.6 Å². The molecule has 4 rings (SSSR count). The highest BCUT2D eigenvalue weighted by molar-refractivity contribution is 7.92. The summed E-state index contributed by atoms with van der Waals surface area (Å²) < 4.78 is 26.2. The van der Waals surface area contributed by atoms with Gasteiger partial charge in [-0.3, -0.25) is 9.62 Å². The summed E-state index contributed by atoms with van der Waals surface area (Å²) in [7, 11) is -3.44. The van der Waals surface area contributed by atoms with Gasteiger partial charge in [0.2, 0.25) is 10.0 Å². The minimum absolute atomic E-state index is 0.129. The number of piperazine rings is 1. The molecular weight excluding hydrogens is 452 g/mol. The Labute approximate surface area is 194 Å². The van der Waals surface area contributed by atoms with Crippen molar-refractivity contribution in [3.05, 3.63) is 41.0 Å². The second-order valence-electron chi connectivity index (χ2n) is 8.55. The van der Waals surface area contributed by atoms with Gasteiger partial charge in [-0.1, -0.05) is 17.7 Å². The van der Waals surface area contributed by atoms with Crippen molar-refractivity contribution in [3.63, 3.8) is 0 Å². The molecule has 0 aliphatic carbocycles. The lowest BCUT2D eigenvalue weighted by Crippen LogP contribution is -2.54. The Morgan fingerprint density at radius 1 is 1.19 bits per heavy atom. The monoisotopic (exact) mass is 480 g/mol. The number of hydrogen-bond acceptors (Lipinski definition) is 6. The Balaban J connectivity index is 1.37. The Morgan fingerprint density at radius 3 is 2.62 bits per heavy atom. The van der Waals surface area contributed by atoms with E-state index >= 15 is 0 Å². The van der Waals surface area contributed by atoms with Gasteiger partial charge in [-0.15, -0.1) is 5.10 Å². The van der Waals surface area contributed by atoms with Crippen LogP contribution in [0, 0.1) is 0 Å². The van der Waals surface area contributed by atoms with E-state index in [-0.39, 0.29) is 17.9 Å². The first kappa shape index (κ1) is 22.9. The van der Waals surface area contributed by atoms with Crippen LogP contribution in [0.25, 0.3) is 0 Å². The predicted octanol–water partition coefficient (Wildman–Crippen LogP) is 2.68. The van der Waals surface area contributed by atoms with Crippen molar-refractivity contribution >= 4 is 39.2 Å². The fourth-order valence-electron chi connectivity index (χ4n) is 4.32. The van der Waals surface area contributed by atoms with E-state index in [1.807, 2.05) is 6.07 Å². The van der Waals surface area contributed by atoms with Gasteiger partial charge in [-0.05, 0) is 37.5 Å². The average Bonchev–Trinajstić information content (AvgIpc) is 3.41. The first-order valence-electron chi connectivity index (χ1n) is 10.8. The number of rotatable bonds is 5. The molecule has 1 atom stereocenters. The fraction of sp³-hybridized carbons (Fsp3) is 0.524. The van der Waals surface area contributed by atoms with Crippen molar-refractivity contribution in [1.29, 1.82) is 0 Å². The van der Waals surface area contributed by atoms with Crippen LogP contribution in [0.1, 0.15) is 25.3 Å². The third-order valence-electron chi connectivity index (χ3n) is 5.95. The van der Waals surface area contributed by atoms with Crippen LogP contribution in [-0.2, 0) is 16.6 Å². The molecule has 0 bridgehead atoms. The van der Waals surface area contributed by atoms with Crippen molar-refractivity contribution in [1.82, 2.24) is 19.6 Å². The third-order valence-corrected chi connectivity index (χ3v) is 6.85. The van der Waals surface area contributed by atoms with E-state index in [0.717, 1.165) is 43.1 Å². The SMILES string of the molecule is C[C@@H]1CN(C(=O)n2ccc(NS(C)(=O)=O)n2)CCN1Cc1ccc(Cl)c(N2CCCC2)c1. The van der Waals surface area contributed by atoms with Crippen LogP contribution in [0.4, 0.5) is 16.3 Å². The summed E-state index contributed by atoms with van der Waals surface area (Å²) >= 11 is 6.45. The molecule has 2 aliphatic rings. The minimum atomic E-state index is -3.44. The number of sulfonamides is 1. The summed E-state index contributed by atoms with van der Waals surface area (Å²) in [6, 6.07) is 7.62. The van der Waals surface area contributed by atoms with Crippen LogP contribution in [0.15, 0.2) is 30.5 Å². The first-order chi connectivity index (χ1) is 15.2. The lowest BCUT2D eigenvalue weighted by atomic mass is 10.1. The molecule has 2 fully saturated rings. The van der Waals surface area contributed by atoms with Gasteiger partial charge in [0.15, 0.2) is 5.82 Å². The van der Waals surface area contributed by atoms with E-state index in [1.165, 1.54) is 35.4 Å². The van der Waals surface area contributed by atoms with Crippen LogP contribution in [0.2, 0.25) is 5.02 Å². The smallest absolute Gasteiger partial charge is 0.344 e. The molecule has 1 amide bonds. The molecule has 32 heavy (non-hydrogen) atoms. The lowest BCUT2D eigenvalue weighted by molar-refractivity contribution is 0.0921. The number of carbonyl (C=O) groups is 1. The van der Waals surface area contributed by atoms with E-state index in [9.17, 15) is 13.2 Å². The normalized spacial score (nSPS) is 20.0. The maximum atomic E-state index is 12.8. The molecule has 0 saturated carbocycles. The molecular formula is C21H29ClN6O3S. The molecule has 0 spiro atoms. The number of hydrogen-bond donors (Lipinski definition) is 1. The summed E-state index contributed by atoms with van der Waals surface area (Å²) in [6.45, 7) is 6.89. The molecule has 3 heterocycles. The molecule has 174 valence electrons. The Hall–Kier alpha value is -2.30. The van der Waals surface area contributed by atoms with Gasteiger partial charge < -0.3 is 9.80 Å². The van der Waals surface area contributed by atoms with E-state index in [2.05, 4.69) is 38.7 Å². The van der Waals surface area contributed by atoms with Crippen molar-refractivity contribution in [2.45, 2.75) is 32.4 Å². The maximum Gasteiger partial charge on any atom is 0.344 e. The summed E-state index contributed by atoms with van der Waals surface area (Å²) in [5.74, 6) is 0.129. The van der Waals surface area contributed by atoms with Gasteiger partial charge in [0.25, 0.3) is 0 Å². The van der Waals surface area contributed by atoms with Crippen LogP contribution in [0.5, 0.6) is 0 Å². The number of nitrogens with one attached hydrogen (secondary N) is 1. The topological polar surface area (TPSA) is 90.8 Å². The number of amides is 1. The number of carbonyl (C=O) groups excluding carboxylic acids is 1. The number of aromatic nitrogens is 2. The third kappa shape index (κ3) is 5.36. The molecule has 2 saturated heterocycles. The molecule has 2 aliphatic heterocycles. The standard InChI is InChI=1S/C21H29ClN6O3S/c1-16-14-27(21(29)28-10-7-20(23-28)24-32(2,30)31)12-11-26(16)15-17-5-6-18(22)19(13-17)25-8-3-4-9-25/h5-7,10,13,16H,3-4,8-9,11-12,14-15H2,1-2H3,(H,23,24)/t16-/m1/s1. The number of nitrogens with zero attached hydrogens (tertiary/aromatic N) is 5. The zero-order valence-electron chi connectivity index (χ0n) is 18.4. The van der Waals surface area contributed by atoms with Crippen LogP contribution in [-0.4, -0.2) is 79.1 Å². The summed E-state index contributed by atoms with van der Waals surface area (Å²) in [5, 5.41) is 4.84. The van der Waals surface area contributed by atoms with Crippen molar-refractivity contribution in [3.8, 4) is 0 Å². The van der Waals surface area contributed by atoms with E-state index in [0.29, 0.717) is 13.1 Å². The Morgan fingerprint density at radius 2 is 1.94 bits per heavy atom. The minimum Gasteiger partial charge on any atom is -0.370 e. The molecule has 0 radical (unpaired) electrons. The molecule has 1 aromatic heterocycles. The maximum absolute atomic E-state index is 12.8. The highest BCUT2D eigenvalue weighted by atomic mass is 35.5. The molecule has 1 aromatic carbocycles. The van der Waals surface area contributed by atoms with Gasteiger partial charge in [0.1, 0.15) is 0 Å². The molecule has 0 unspecified atom stereocenters. The number of halogens is 1. The van der Waals surface area contributed by atoms with Gasteiger partial charge >= 0.3 is 6.03 Å². The molecule has 11 heteroatoms. The number of anilines is 2. The van der Waals surface area contributed by atoms with Crippen LogP contribution < -0.4 is 9.62 Å². The van der Waals surface area contributed by atoms with Crippen molar-refractivity contribution < 1.29 is 13.2 Å². The van der Waals surface area contributed by atoms with E-state index < -0.39 is 10.0 Å². The largest absolute Gasteiger partial charge is 0.370 e. The summed E-state index contributed by atoms with van der Waals surface area (Å²) in [6.07, 6.45) is 4.93. The number of benzene rings is 1. The van der Waals surface area contributed by atoms with E-state index in [1.54, 1.807) is 4.90 Å². The molecule has 2 aromatic rings. The second kappa shape index (κ2) is 9.29. The second-order valence-corrected chi connectivity index (χ2v) is 10.7. The molecule has 1 N–H and O–H groups in total. The van der Waals surface area contributed by atoms with Gasteiger partial charge in [0, 0.05) is 57.6 Å². The Kier molecular flexibility index (Phi) is 6.64. The summed E-state index contributed by atoms with van der Waals surface area (Å²) in [4.78, 5) is 19.3. The van der Waals surface area contributed by atoms with E-state index in [4.69, 9.17) is 11.6 Å². The zero-order chi connectivity index (χ0) is 22.9. The predicted molar refractivity (Wildman–Crippen MR) is 126 cm³/mol. The van der Waals surface area contributed by atoms with Crippen LogP contribution in [0.3, 0.4) is 0 Å². The molecule has 9 nitrogen and oxygen atoms in total. The quantitative estimate of drug-likeness (QED) is 0.707. The fourth-order valence-corrected chi connectivity index (χ4v) is 5.04. The first-order valence-corrected chi connectivity index (χ1v) is 13.1. The van der Waals surface area contributed by atoms with Gasteiger partial charge in [-0.25, -0.2) is 13.2 Å². The lowest BCUT2D eigenvalue weighted by Gasteiger charge is -2.39. The van der Waals surface area contributed by atoms with Crippen LogP contribution >= 0.6 is 11.6 Å². The van der Waals surface area contributed by atoms with Gasteiger partial charge in [0.05, 0.1) is 17.0 Å². The highest BCUT2D eigenvalue weighted by Gasteiger charge is 2.28.